The minimum Gasteiger partial charge on any atom is -0.485 e. The summed E-state index contributed by atoms with van der Waals surface area (Å²) in [5.41, 5.74) is 2.11. The molecule has 0 radical (unpaired) electrons. The van der Waals surface area contributed by atoms with Crippen LogP contribution in [0.1, 0.15) is 30.1 Å². The SMILES string of the molecule is O=S(=O)(CCCC(F)(F)F)Oc1ccc(OC2c3ccccc3CC2CO)cc1. The maximum atomic E-state index is 12.1. The number of hydrogen-bond acceptors (Lipinski definition) is 5. The summed E-state index contributed by atoms with van der Waals surface area (Å²) in [6, 6.07) is 13.6. The van der Waals surface area contributed by atoms with Crippen molar-refractivity contribution in [2.75, 3.05) is 12.4 Å². The molecular weight excluding hydrogens is 409 g/mol. The number of aliphatic hydroxyl groups excluding tert-OH is 1. The van der Waals surface area contributed by atoms with Crippen molar-refractivity contribution in [3.05, 3.63) is 59.7 Å². The fourth-order valence-electron chi connectivity index (χ4n) is 3.32. The number of fused-ring (bicyclic) bond motifs is 1. The van der Waals surface area contributed by atoms with Crippen molar-refractivity contribution in [1.29, 1.82) is 0 Å². The van der Waals surface area contributed by atoms with Gasteiger partial charge >= 0.3 is 16.3 Å². The molecule has 0 fully saturated rings. The summed E-state index contributed by atoms with van der Waals surface area (Å²) < 4.78 is 70.9. The second-order valence-corrected chi connectivity index (χ2v) is 8.61. The highest BCUT2D eigenvalue weighted by atomic mass is 32.2. The van der Waals surface area contributed by atoms with Crippen LogP contribution in [0.5, 0.6) is 11.5 Å². The van der Waals surface area contributed by atoms with Gasteiger partial charge in [-0.25, -0.2) is 0 Å². The van der Waals surface area contributed by atoms with Crippen molar-refractivity contribution >= 4 is 10.1 Å². The Hall–Kier alpha value is -2.26. The van der Waals surface area contributed by atoms with Gasteiger partial charge in [0.15, 0.2) is 0 Å². The number of alkyl halides is 3. The van der Waals surface area contributed by atoms with Crippen molar-refractivity contribution in [3.8, 4) is 11.5 Å². The van der Waals surface area contributed by atoms with E-state index in [4.69, 9.17) is 8.92 Å². The minimum atomic E-state index is -4.40. The average molecular weight is 430 g/mol. The van der Waals surface area contributed by atoms with E-state index in [1.807, 2.05) is 24.3 Å². The van der Waals surface area contributed by atoms with E-state index in [9.17, 15) is 26.7 Å². The summed E-state index contributed by atoms with van der Waals surface area (Å²) in [5.74, 6) is -0.346. The molecule has 1 aliphatic rings. The Balaban J connectivity index is 1.62. The standard InChI is InChI=1S/C20H21F3O5S/c21-20(22,23)10-3-11-29(25,26)28-17-8-6-16(7-9-17)27-19-15(13-24)12-14-4-1-2-5-18(14)19/h1-2,4-9,15,19,24H,3,10-13H2. The van der Waals surface area contributed by atoms with Crippen molar-refractivity contribution in [1.82, 2.24) is 0 Å². The van der Waals surface area contributed by atoms with Crippen molar-refractivity contribution in [3.63, 3.8) is 0 Å². The van der Waals surface area contributed by atoms with E-state index in [1.54, 1.807) is 0 Å². The molecule has 2 aromatic carbocycles. The largest absolute Gasteiger partial charge is 0.485 e. The molecule has 29 heavy (non-hydrogen) atoms. The third kappa shape index (κ3) is 5.86. The zero-order chi connectivity index (χ0) is 21.1. The van der Waals surface area contributed by atoms with E-state index < -0.39 is 34.9 Å². The van der Waals surface area contributed by atoms with Crippen molar-refractivity contribution in [2.24, 2.45) is 5.92 Å². The van der Waals surface area contributed by atoms with Crippen molar-refractivity contribution < 1.29 is 35.6 Å². The number of benzene rings is 2. The fourth-order valence-corrected chi connectivity index (χ4v) is 4.30. The highest BCUT2D eigenvalue weighted by Gasteiger charge is 2.33. The van der Waals surface area contributed by atoms with Gasteiger partial charge in [-0.15, -0.1) is 0 Å². The molecule has 0 saturated carbocycles. The molecule has 0 saturated heterocycles. The summed E-state index contributed by atoms with van der Waals surface area (Å²) in [4.78, 5) is 0. The quantitative estimate of drug-likeness (QED) is 0.641. The molecule has 2 unspecified atom stereocenters. The molecule has 0 spiro atoms. The van der Waals surface area contributed by atoms with Crippen LogP contribution in [-0.4, -0.2) is 32.1 Å². The van der Waals surface area contributed by atoms with Crippen LogP contribution >= 0.6 is 0 Å². The monoisotopic (exact) mass is 430 g/mol. The lowest BCUT2D eigenvalue weighted by Gasteiger charge is -2.20. The topological polar surface area (TPSA) is 72.8 Å². The first kappa shape index (κ1) is 21.4. The van der Waals surface area contributed by atoms with Gasteiger partial charge in [0.05, 0.1) is 12.4 Å². The van der Waals surface area contributed by atoms with Crippen molar-refractivity contribution in [2.45, 2.75) is 31.5 Å². The first-order chi connectivity index (χ1) is 13.7. The molecule has 2 aromatic rings. The Morgan fingerprint density at radius 2 is 1.69 bits per heavy atom. The number of ether oxygens (including phenoxy) is 1. The van der Waals surface area contributed by atoms with Gasteiger partial charge in [-0.05, 0) is 48.2 Å². The summed E-state index contributed by atoms with van der Waals surface area (Å²) in [7, 11) is -4.12. The van der Waals surface area contributed by atoms with Gasteiger partial charge < -0.3 is 14.0 Å². The molecule has 2 atom stereocenters. The molecule has 0 bridgehead atoms. The Morgan fingerprint density at radius 1 is 1.03 bits per heavy atom. The first-order valence-corrected chi connectivity index (χ1v) is 10.7. The van der Waals surface area contributed by atoms with E-state index in [0.29, 0.717) is 12.2 Å². The Morgan fingerprint density at radius 3 is 2.34 bits per heavy atom. The number of aliphatic hydroxyl groups is 1. The predicted molar refractivity (Wildman–Crippen MR) is 100 cm³/mol. The van der Waals surface area contributed by atoms with Crippen LogP contribution in [0.25, 0.3) is 0 Å². The third-order valence-electron chi connectivity index (χ3n) is 4.67. The maximum Gasteiger partial charge on any atom is 0.389 e. The highest BCUT2D eigenvalue weighted by Crippen LogP contribution is 2.39. The van der Waals surface area contributed by atoms with Gasteiger partial charge in [-0.3, -0.25) is 0 Å². The van der Waals surface area contributed by atoms with Gasteiger partial charge in [-0.2, -0.15) is 21.6 Å². The second kappa shape index (κ2) is 8.62. The molecule has 0 heterocycles. The molecule has 5 nitrogen and oxygen atoms in total. The molecule has 0 amide bonds. The Kier molecular flexibility index (Phi) is 6.38. The zero-order valence-corrected chi connectivity index (χ0v) is 16.2. The lowest BCUT2D eigenvalue weighted by Crippen LogP contribution is -2.18. The highest BCUT2D eigenvalue weighted by molar-refractivity contribution is 7.87. The maximum absolute atomic E-state index is 12.1. The van der Waals surface area contributed by atoms with Crippen LogP contribution in [-0.2, 0) is 16.5 Å². The Labute approximate surface area is 167 Å². The second-order valence-electron chi connectivity index (χ2n) is 6.92. The van der Waals surface area contributed by atoms with Crippen LogP contribution in [0.2, 0.25) is 0 Å². The lowest BCUT2D eigenvalue weighted by atomic mass is 10.0. The number of rotatable bonds is 8. The molecule has 1 aliphatic carbocycles. The Bertz CT molecular complexity index is 926. The zero-order valence-electron chi connectivity index (χ0n) is 15.4. The molecule has 158 valence electrons. The fraction of sp³-hybridized carbons (Fsp3) is 0.400. The lowest BCUT2D eigenvalue weighted by molar-refractivity contribution is -0.134. The number of halogens is 3. The van der Waals surface area contributed by atoms with Gasteiger partial charge in [0.25, 0.3) is 0 Å². The van der Waals surface area contributed by atoms with E-state index in [2.05, 4.69) is 0 Å². The van der Waals surface area contributed by atoms with E-state index >= 15 is 0 Å². The van der Waals surface area contributed by atoms with Crippen LogP contribution in [0.3, 0.4) is 0 Å². The normalized spacial score (nSPS) is 19.0. The molecule has 0 aliphatic heterocycles. The smallest absolute Gasteiger partial charge is 0.389 e. The van der Waals surface area contributed by atoms with Crippen LogP contribution in [0.15, 0.2) is 48.5 Å². The summed E-state index contributed by atoms with van der Waals surface area (Å²) >= 11 is 0. The van der Waals surface area contributed by atoms with Crippen LogP contribution in [0, 0.1) is 5.92 Å². The first-order valence-electron chi connectivity index (χ1n) is 9.11. The van der Waals surface area contributed by atoms with E-state index in [0.717, 1.165) is 11.1 Å². The average Bonchev–Trinajstić information content (AvgIpc) is 2.99. The summed E-state index contributed by atoms with van der Waals surface area (Å²) in [6.45, 7) is -0.0310. The van der Waals surface area contributed by atoms with Crippen LogP contribution < -0.4 is 8.92 Å². The summed E-state index contributed by atoms with van der Waals surface area (Å²) in [5, 5.41) is 9.64. The molecule has 1 N–H and O–H groups in total. The van der Waals surface area contributed by atoms with E-state index in [1.165, 1.54) is 24.3 Å². The molecule has 9 heteroatoms. The summed E-state index contributed by atoms with van der Waals surface area (Å²) in [6.07, 6.45) is -5.77. The van der Waals surface area contributed by atoms with Gasteiger partial charge in [0.2, 0.25) is 0 Å². The van der Waals surface area contributed by atoms with Gasteiger partial charge in [0, 0.05) is 12.3 Å². The van der Waals surface area contributed by atoms with Gasteiger partial charge in [0.1, 0.15) is 17.6 Å². The third-order valence-corrected chi connectivity index (χ3v) is 5.91. The minimum absolute atomic E-state index is 0.00473. The molecule has 3 rings (SSSR count). The van der Waals surface area contributed by atoms with E-state index in [-0.39, 0.29) is 24.4 Å². The number of hydrogen-bond donors (Lipinski definition) is 1. The van der Waals surface area contributed by atoms with Gasteiger partial charge in [-0.1, -0.05) is 24.3 Å². The molecule has 0 aromatic heterocycles. The molecular formula is C20H21F3O5S. The van der Waals surface area contributed by atoms with Crippen LogP contribution in [0.4, 0.5) is 13.2 Å². The predicted octanol–water partition coefficient (Wildman–Crippen LogP) is 4.02.